The zero-order valence-corrected chi connectivity index (χ0v) is 20.1. The number of nitrogens with zero attached hydrogens (tertiary/aromatic N) is 1. The summed E-state index contributed by atoms with van der Waals surface area (Å²) in [5, 5.41) is 9.18. The Kier molecular flexibility index (Phi) is 6.70. The number of piperidine rings is 1. The number of Topliss-reactive ketones (excluding diaryl/α,β-unsaturated/α-hetero) is 1. The molecule has 1 aliphatic heterocycles. The average molecular weight is 483 g/mol. The Balaban J connectivity index is 1.46. The fraction of sp³-hybridized carbons (Fsp3) is 0.300. The molecule has 1 fully saturated rings. The smallest absolute Gasteiger partial charge is 0.335 e. The molecule has 6 heteroatoms. The van der Waals surface area contributed by atoms with Gasteiger partial charge in [-0.1, -0.05) is 48.5 Å². The lowest BCUT2D eigenvalue weighted by Gasteiger charge is -2.41. The number of aromatic carboxylic acids is 1. The number of carbonyl (C=O) groups is 3. The molecule has 3 aromatic carbocycles. The first kappa shape index (κ1) is 23.9. The van der Waals surface area contributed by atoms with E-state index < -0.39 is 12.0 Å². The number of benzene rings is 3. The summed E-state index contributed by atoms with van der Waals surface area (Å²) in [6.07, 6.45) is 3.52. The number of hydrogen-bond acceptors (Lipinski definition) is 4. The number of carbonyl (C=O) groups excluding carboxylic acids is 2. The SMILES string of the molecule is N[C@@H]1CCc2cc(C(=O)N3CCCC(c4ccccc4)C3C(=O)Cc3ccc(C(=O)O)cc3)ccc21. The zero-order chi connectivity index (χ0) is 25.2. The van der Waals surface area contributed by atoms with Crippen LogP contribution in [-0.2, 0) is 17.6 Å². The second-order valence-corrected chi connectivity index (χ2v) is 9.81. The zero-order valence-electron chi connectivity index (χ0n) is 20.1. The number of nitrogens with two attached hydrogens (primary N) is 1. The third kappa shape index (κ3) is 4.69. The van der Waals surface area contributed by atoms with E-state index in [9.17, 15) is 19.5 Å². The first-order valence-electron chi connectivity index (χ1n) is 12.5. The monoisotopic (exact) mass is 482 g/mol. The molecule has 0 bridgehead atoms. The molecule has 6 nitrogen and oxygen atoms in total. The van der Waals surface area contributed by atoms with E-state index in [0.717, 1.165) is 47.9 Å². The normalized spacial score (nSPS) is 21.1. The third-order valence-electron chi connectivity index (χ3n) is 7.54. The minimum atomic E-state index is -1.00. The van der Waals surface area contributed by atoms with Gasteiger partial charge < -0.3 is 15.7 Å². The van der Waals surface area contributed by atoms with Gasteiger partial charge in [0.25, 0.3) is 5.91 Å². The van der Waals surface area contributed by atoms with Gasteiger partial charge in [-0.05, 0) is 72.2 Å². The van der Waals surface area contributed by atoms with E-state index in [1.165, 1.54) is 12.1 Å². The van der Waals surface area contributed by atoms with Crippen molar-refractivity contribution in [2.24, 2.45) is 5.73 Å². The molecule has 0 aromatic heterocycles. The molecule has 2 aliphatic rings. The standard InChI is InChI=1S/C30H30N2O4/c31-26-15-13-22-18-23(12-14-24(22)26)29(34)32-16-4-7-25(20-5-2-1-3-6-20)28(32)27(33)17-19-8-10-21(11-9-19)30(35)36/h1-3,5-6,8-12,14,18,25-26,28H,4,7,13,15-17,31H2,(H,35,36)/t25?,26-,28?/m1/s1. The molecule has 1 heterocycles. The highest BCUT2D eigenvalue weighted by atomic mass is 16.4. The number of aryl methyl sites for hydroxylation is 1. The van der Waals surface area contributed by atoms with Crippen molar-refractivity contribution in [2.75, 3.05) is 6.54 Å². The van der Waals surface area contributed by atoms with Gasteiger partial charge >= 0.3 is 5.97 Å². The van der Waals surface area contributed by atoms with Crippen LogP contribution >= 0.6 is 0 Å². The minimum absolute atomic E-state index is 0.0171. The van der Waals surface area contributed by atoms with Gasteiger partial charge in [-0.25, -0.2) is 4.79 Å². The lowest BCUT2D eigenvalue weighted by molar-refractivity contribution is -0.124. The second kappa shape index (κ2) is 10.1. The molecule has 3 atom stereocenters. The highest BCUT2D eigenvalue weighted by Gasteiger charge is 2.40. The Morgan fingerprint density at radius 1 is 0.917 bits per heavy atom. The maximum absolute atomic E-state index is 13.8. The van der Waals surface area contributed by atoms with Gasteiger partial charge in [-0.15, -0.1) is 0 Å². The quantitative estimate of drug-likeness (QED) is 0.538. The molecule has 3 N–H and O–H groups in total. The topological polar surface area (TPSA) is 101 Å². The van der Waals surface area contributed by atoms with Crippen LogP contribution in [0.3, 0.4) is 0 Å². The van der Waals surface area contributed by atoms with Crippen molar-refractivity contribution in [3.8, 4) is 0 Å². The van der Waals surface area contributed by atoms with E-state index in [4.69, 9.17) is 5.73 Å². The van der Waals surface area contributed by atoms with Crippen LogP contribution in [0.1, 0.15) is 74.2 Å². The Morgan fingerprint density at radius 3 is 2.36 bits per heavy atom. The van der Waals surface area contributed by atoms with Crippen LogP contribution in [0.15, 0.2) is 72.8 Å². The van der Waals surface area contributed by atoms with Gasteiger partial charge in [0.2, 0.25) is 0 Å². The fourth-order valence-electron chi connectivity index (χ4n) is 5.69. The Hall–Kier alpha value is -3.77. The summed E-state index contributed by atoms with van der Waals surface area (Å²) in [7, 11) is 0. The van der Waals surface area contributed by atoms with Crippen LogP contribution in [-0.4, -0.2) is 40.3 Å². The van der Waals surface area contributed by atoms with E-state index in [-0.39, 0.29) is 35.6 Å². The van der Waals surface area contributed by atoms with Crippen LogP contribution in [0.5, 0.6) is 0 Å². The van der Waals surface area contributed by atoms with Gasteiger partial charge in [-0.2, -0.15) is 0 Å². The van der Waals surface area contributed by atoms with Crippen molar-refractivity contribution < 1.29 is 19.5 Å². The van der Waals surface area contributed by atoms with Gasteiger partial charge in [0.1, 0.15) is 0 Å². The number of likely N-dealkylation sites (tertiary alicyclic amines) is 1. The van der Waals surface area contributed by atoms with Crippen LogP contribution in [0.2, 0.25) is 0 Å². The molecule has 0 radical (unpaired) electrons. The number of hydrogen-bond donors (Lipinski definition) is 2. The number of rotatable bonds is 6. The molecular weight excluding hydrogens is 452 g/mol. The number of carboxylic acid groups (broad SMARTS) is 1. The molecule has 36 heavy (non-hydrogen) atoms. The summed E-state index contributed by atoms with van der Waals surface area (Å²) in [6, 6.07) is 21.5. The molecule has 2 unspecified atom stereocenters. The lowest BCUT2D eigenvalue weighted by Crippen LogP contribution is -2.52. The number of amides is 1. The van der Waals surface area contributed by atoms with Crippen LogP contribution in [0.25, 0.3) is 0 Å². The maximum atomic E-state index is 13.8. The average Bonchev–Trinajstić information content (AvgIpc) is 3.28. The summed E-state index contributed by atoms with van der Waals surface area (Å²) >= 11 is 0. The Labute approximate surface area is 210 Å². The largest absolute Gasteiger partial charge is 0.478 e. The van der Waals surface area contributed by atoms with E-state index in [0.29, 0.717) is 12.1 Å². The first-order chi connectivity index (χ1) is 17.4. The molecular formula is C30H30N2O4. The van der Waals surface area contributed by atoms with Crippen LogP contribution < -0.4 is 5.73 Å². The number of carboxylic acids is 1. The van der Waals surface area contributed by atoms with E-state index in [1.807, 2.05) is 48.5 Å². The van der Waals surface area contributed by atoms with Gasteiger partial charge in [0.15, 0.2) is 5.78 Å². The molecule has 1 amide bonds. The lowest BCUT2D eigenvalue weighted by atomic mass is 9.80. The molecule has 3 aromatic rings. The summed E-state index contributed by atoms with van der Waals surface area (Å²) in [6.45, 7) is 0.521. The predicted octanol–water partition coefficient (Wildman–Crippen LogP) is 4.53. The van der Waals surface area contributed by atoms with Crippen LogP contribution in [0.4, 0.5) is 0 Å². The Bertz CT molecular complexity index is 1290. The van der Waals surface area contributed by atoms with E-state index in [1.54, 1.807) is 17.0 Å². The van der Waals surface area contributed by atoms with Crippen molar-refractivity contribution in [1.29, 1.82) is 0 Å². The minimum Gasteiger partial charge on any atom is -0.478 e. The molecule has 184 valence electrons. The van der Waals surface area contributed by atoms with E-state index in [2.05, 4.69) is 0 Å². The maximum Gasteiger partial charge on any atom is 0.335 e. The van der Waals surface area contributed by atoms with Crippen molar-refractivity contribution >= 4 is 17.7 Å². The summed E-state index contributed by atoms with van der Waals surface area (Å²) in [5.41, 5.74) is 11.0. The van der Waals surface area contributed by atoms with Gasteiger partial charge in [0.05, 0.1) is 11.6 Å². The summed E-state index contributed by atoms with van der Waals surface area (Å²) in [4.78, 5) is 40.6. The highest BCUT2D eigenvalue weighted by molar-refractivity contribution is 5.99. The van der Waals surface area contributed by atoms with Gasteiger partial charge in [0, 0.05) is 30.5 Å². The molecule has 0 spiro atoms. The second-order valence-electron chi connectivity index (χ2n) is 9.81. The third-order valence-corrected chi connectivity index (χ3v) is 7.54. The van der Waals surface area contributed by atoms with Crippen molar-refractivity contribution in [1.82, 2.24) is 4.90 Å². The molecule has 0 saturated carbocycles. The predicted molar refractivity (Wildman–Crippen MR) is 137 cm³/mol. The first-order valence-corrected chi connectivity index (χ1v) is 12.5. The fourth-order valence-corrected chi connectivity index (χ4v) is 5.69. The van der Waals surface area contributed by atoms with Crippen molar-refractivity contribution in [3.63, 3.8) is 0 Å². The molecule has 1 aliphatic carbocycles. The van der Waals surface area contributed by atoms with E-state index >= 15 is 0 Å². The van der Waals surface area contributed by atoms with Crippen molar-refractivity contribution in [3.05, 3.63) is 106 Å². The van der Waals surface area contributed by atoms with Crippen LogP contribution in [0, 0.1) is 0 Å². The molecule has 1 saturated heterocycles. The molecule has 5 rings (SSSR count). The van der Waals surface area contributed by atoms with Crippen molar-refractivity contribution in [2.45, 2.75) is 50.1 Å². The Morgan fingerprint density at radius 2 is 1.64 bits per heavy atom. The number of ketones is 1. The summed E-state index contributed by atoms with van der Waals surface area (Å²) in [5.74, 6) is -1.27. The van der Waals surface area contributed by atoms with Gasteiger partial charge in [-0.3, -0.25) is 9.59 Å². The number of fused-ring (bicyclic) bond motifs is 1. The highest BCUT2D eigenvalue weighted by Crippen LogP contribution is 2.36. The summed E-state index contributed by atoms with van der Waals surface area (Å²) < 4.78 is 0.